The molecular weight excluding hydrogens is 347 g/mol. The van der Waals surface area contributed by atoms with Gasteiger partial charge in [0.2, 0.25) is 5.91 Å². The molecule has 0 aliphatic heterocycles. The molecule has 7 nitrogen and oxygen atoms in total. The molecule has 1 aromatic heterocycles. The normalized spacial score (nSPS) is 12.6. The molecule has 2 rings (SSSR count). The number of hydrogen-bond acceptors (Lipinski definition) is 3. The summed E-state index contributed by atoms with van der Waals surface area (Å²) in [6, 6.07) is 5.87. The first-order chi connectivity index (χ1) is 12.8. The number of nitrogens with one attached hydrogen (secondary N) is 3. The Balaban J connectivity index is 1.85. The zero-order valence-electron chi connectivity index (χ0n) is 16.4. The summed E-state index contributed by atoms with van der Waals surface area (Å²) in [6.07, 6.45) is 0.793. The molecule has 1 amide bonds. The van der Waals surface area contributed by atoms with E-state index in [0.29, 0.717) is 11.6 Å². The van der Waals surface area contributed by atoms with Crippen LogP contribution in [0, 0.1) is 19.7 Å². The molecule has 0 saturated heterocycles. The Morgan fingerprint density at radius 1 is 1.37 bits per heavy atom. The number of carbonyl (C=O) groups is 1. The number of halogens is 1. The van der Waals surface area contributed by atoms with Crippen molar-refractivity contribution in [3.8, 4) is 0 Å². The molecule has 0 radical (unpaired) electrons. The van der Waals surface area contributed by atoms with Crippen LogP contribution in [0.3, 0.4) is 0 Å². The van der Waals surface area contributed by atoms with E-state index in [1.165, 1.54) is 17.7 Å². The van der Waals surface area contributed by atoms with Crippen molar-refractivity contribution in [3.05, 3.63) is 47.0 Å². The van der Waals surface area contributed by atoms with Gasteiger partial charge < -0.3 is 16.0 Å². The van der Waals surface area contributed by atoms with Gasteiger partial charge in [-0.1, -0.05) is 6.07 Å². The summed E-state index contributed by atoms with van der Waals surface area (Å²) in [4.78, 5) is 16.2. The van der Waals surface area contributed by atoms with Crippen molar-refractivity contribution in [1.82, 2.24) is 20.4 Å². The lowest BCUT2D eigenvalue weighted by Gasteiger charge is -2.18. The van der Waals surface area contributed by atoms with Crippen LogP contribution >= 0.6 is 0 Å². The summed E-state index contributed by atoms with van der Waals surface area (Å²) in [6.45, 7) is 6.12. The van der Waals surface area contributed by atoms with Gasteiger partial charge in [-0.05, 0) is 51.0 Å². The molecule has 0 fully saturated rings. The minimum atomic E-state index is -0.395. The predicted octanol–water partition coefficient (Wildman–Crippen LogP) is 1.91. The van der Waals surface area contributed by atoms with Gasteiger partial charge in [0, 0.05) is 31.5 Å². The number of amides is 1. The zero-order chi connectivity index (χ0) is 20.0. The van der Waals surface area contributed by atoms with Gasteiger partial charge in [0.05, 0.1) is 12.2 Å². The lowest BCUT2D eigenvalue weighted by Crippen LogP contribution is -2.45. The van der Waals surface area contributed by atoms with E-state index in [1.54, 1.807) is 19.2 Å². The van der Waals surface area contributed by atoms with Crippen LogP contribution in [0.1, 0.15) is 23.9 Å². The van der Waals surface area contributed by atoms with Crippen LogP contribution in [0.25, 0.3) is 0 Å². The van der Waals surface area contributed by atoms with E-state index in [4.69, 9.17) is 0 Å². The van der Waals surface area contributed by atoms with Crippen molar-refractivity contribution in [3.63, 3.8) is 0 Å². The van der Waals surface area contributed by atoms with Gasteiger partial charge in [-0.25, -0.2) is 4.39 Å². The largest absolute Gasteiger partial charge is 0.354 e. The van der Waals surface area contributed by atoms with Gasteiger partial charge in [-0.15, -0.1) is 0 Å². The van der Waals surface area contributed by atoms with Crippen LogP contribution in [-0.2, 0) is 18.3 Å². The molecule has 0 aliphatic carbocycles. The van der Waals surface area contributed by atoms with Gasteiger partial charge >= 0.3 is 0 Å². The molecule has 0 bridgehead atoms. The number of aliphatic imine (C=N–C) groups is 1. The summed E-state index contributed by atoms with van der Waals surface area (Å²) in [5, 5.41) is 13.3. The third-order valence-corrected chi connectivity index (χ3v) is 4.30. The smallest absolute Gasteiger partial charge is 0.243 e. The molecular formula is C19H27FN6O. The molecule has 1 atom stereocenters. The van der Waals surface area contributed by atoms with Crippen LogP contribution < -0.4 is 16.0 Å². The molecule has 2 aromatic rings. The standard InChI is InChI=1S/C19H27FN6O/c1-12(9-17-13(2)25-26(5)14(17)3)23-19(21-4)22-11-18(27)24-16-8-6-7-15(20)10-16/h6-8,10,12H,9,11H2,1-5H3,(H,24,27)(H2,21,22,23). The molecule has 0 saturated carbocycles. The summed E-state index contributed by atoms with van der Waals surface area (Å²) in [5.41, 5.74) is 3.78. The van der Waals surface area contributed by atoms with Gasteiger partial charge in [-0.3, -0.25) is 14.5 Å². The van der Waals surface area contributed by atoms with Crippen LogP contribution in [0.5, 0.6) is 0 Å². The average Bonchev–Trinajstić information content (AvgIpc) is 2.84. The van der Waals surface area contributed by atoms with E-state index >= 15 is 0 Å². The fraction of sp³-hybridized carbons (Fsp3) is 0.421. The number of nitrogens with zero attached hydrogens (tertiary/aromatic N) is 3. The van der Waals surface area contributed by atoms with Crippen molar-refractivity contribution >= 4 is 17.6 Å². The predicted molar refractivity (Wildman–Crippen MR) is 105 cm³/mol. The second kappa shape index (κ2) is 9.16. The van der Waals surface area contributed by atoms with Crippen LogP contribution in [0.2, 0.25) is 0 Å². The lowest BCUT2D eigenvalue weighted by molar-refractivity contribution is -0.115. The molecule has 146 valence electrons. The Bertz CT molecular complexity index is 830. The number of guanidine groups is 1. The Morgan fingerprint density at radius 2 is 2.11 bits per heavy atom. The Hall–Kier alpha value is -2.90. The second-order valence-corrected chi connectivity index (χ2v) is 6.51. The Morgan fingerprint density at radius 3 is 2.70 bits per heavy atom. The molecule has 1 aromatic carbocycles. The van der Waals surface area contributed by atoms with E-state index in [0.717, 1.165) is 17.8 Å². The quantitative estimate of drug-likeness (QED) is 0.533. The molecule has 8 heteroatoms. The first-order valence-electron chi connectivity index (χ1n) is 8.81. The maximum absolute atomic E-state index is 13.2. The number of benzene rings is 1. The van der Waals surface area contributed by atoms with Crippen LogP contribution in [0.15, 0.2) is 29.3 Å². The monoisotopic (exact) mass is 374 g/mol. The van der Waals surface area contributed by atoms with Gasteiger partial charge in [0.1, 0.15) is 5.82 Å². The third kappa shape index (κ3) is 5.80. The fourth-order valence-corrected chi connectivity index (χ4v) is 2.83. The van der Waals surface area contributed by atoms with Gasteiger partial charge in [0.15, 0.2) is 5.96 Å². The summed E-state index contributed by atoms with van der Waals surface area (Å²) in [5.74, 6) is -0.153. The van der Waals surface area contributed by atoms with Crippen molar-refractivity contribution < 1.29 is 9.18 Å². The van der Waals surface area contributed by atoms with Gasteiger partial charge in [0.25, 0.3) is 0 Å². The summed E-state index contributed by atoms with van der Waals surface area (Å²) in [7, 11) is 3.58. The molecule has 1 unspecified atom stereocenters. The number of aryl methyl sites for hydroxylation is 2. The molecule has 27 heavy (non-hydrogen) atoms. The maximum atomic E-state index is 13.2. The van der Waals surface area contributed by atoms with Crippen LogP contribution in [-0.4, -0.2) is 41.3 Å². The molecule has 0 aliphatic rings. The van der Waals surface area contributed by atoms with Crippen molar-refractivity contribution in [2.75, 3.05) is 18.9 Å². The third-order valence-electron chi connectivity index (χ3n) is 4.30. The van der Waals surface area contributed by atoms with Crippen molar-refractivity contribution in [1.29, 1.82) is 0 Å². The highest BCUT2D eigenvalue weighted by Gasteiger charge is 2.14. The van der Waals surface area contributed by atoms with Crippen LogP contribution in [0.4, 0.5) is 10.1 Å². The molecule has 1 heterocycles. The zero-order valence-corrected chi connectivity index (χ0v) is 16.4. The highest BCUT2D eigenvalue weighted by molar-refractivity contribution is 5.95. The first kappa shape index (κ1) is 20.4. The summed E-state index contributed by atoms with van der Waals surface area (Å²) >= 11 is 0. The Kier molecular flexibility index (Phi) is 6.92. The van der Waals surface area contributed by atoms with E-state index in [-0.39, 0.29) is 18.5 Å². The topological polar surface area (TPSA) is 83.3 Å². The number of anilines is 1. The fourth-order valence-electron chi connectivity index (χ4n) is 2.83. The number of hydrogen-bond donors (Lipinski definition) is 3. The van der Waals surface area contributed by atoms with Crippen molar-refractivity contribution in [2.24, 2.45) is 12.0 Å². The Labute approximate surface area is 159 Å². The number of carbonyl (C=O) groups excluding carboxylic acids is 1. The lowest BCUT2D eigenvalue weighted by atomic mass is 10.1. The first-order valence-corrected chi connectivity index (χ1v) is 8.81. The van der Waals surface area contributed by atoms with E-state index in [1.807, 2.05) is 32.5 Å². The SMILES string of the molecule is CN=C(NCC(=O)Nc1cccc(F)c1)NC(C)Cc1c(C)nn(C)c1C. The van der Waals surface area contributed by atoms with E-state index < -0.39 is 5.82 Å². The minimum absolute atomic E-state index is 0.0217. The van der Waals surface area contributed by atoms with Crippen molar-refractivity contribution in [2.45, 2.75) is 33.2 Å². The second-order valence-electron chi connectivity index (χ2n) is 6.51. The number of aromatic nitrogens is 2. The molecule has 3 N–H and O–H groups in total. The minimum Gasteiger partial charge on any atom is -0.354 e. The maximum Gasteiger partial charge on any atom is 0.243 e. The highest BCUT2D eigenvalue weighted by Crippen LogP contribution is 2.14. The summed E-state index contributed by atoms with van der Waals surface area (Å²) < 4.78 is 15.0. The average molecular weight is 374 g/mol. The van der Waals surface area contributed by atoms with Gasteiger partial charge in [-0.2, -0.15) is 5.10 Å². The molecule has 0 spiro atoms. The van der Waals surface area contributed by atoms with E-state index in [9.17, 15) is 9.18 Å². The van der Waals surface area contributed by atoms with E-state index in [2.05, 4.69) is 26.0 Å². The highest BCUT2D eigenvalue weighted by atomic mass is 19.1. The number of rotatable bonds is 6.